The number of thioether (sulfide) groups is 1. The van der Waals surface area contributed by atoms with Gasteiger partial charge < -0.3 is 0 Å². The number of hydrogen-bond acceptors (Lipinski definition) is 2. The SMILES string of the molecule is CCCCC1CCC(C2CC=C(C#Cc3cc(F)c(SC#N)c(F)c3)CC2)CC1. The molecule has 0 saturated heterocycles. The third kappa shape index (κ3) is 6.10. The molecule has 0 radical (unpaired) electrons. The first kappa shape index (κ1) is 21.9. The second kappa shape index (κ2) is 10.8. The zero-order valence-corrected chi connectivity index (χ0v) is 18.0. The second-order valence-corrected chi connectivity index (χ2v) is 9.19. The zero-order chi connectivity index (χ0) is 20.6. The smallest absolute Gasteiger partial charge is 0.142 e. The van der Waals surface area contributed by atoms with Gasteiger partial charge in [0.25, 0.3) is 0 Å². The van der Waals surface area contributed by atoms with Crippen LogP contribution in [0.25, 0.3) is 0 Å². The summed E-state index contributed by atoms with van der Waals surface area (Å²) in [5.74, 6) is 7.11. The number of nitriles is 1. The summed E-state index contributed by atoms with van der Waals surface area (Å²) in [6.45, 7) is 2.27. The third-order valence-electron chi connectivity index (χ3n) is 6.49. The normalized spacial score (nSPS) is 24.2. The number of allylic oxidation sites excluding steroid dienone is 2. The van der Waals surface area contributed by atoms with E-state index in [0.717, 1.165) is 36.2 Å². The summed E-state index contributed by atoms with van der Waals surface area (Å²) in [4.78, 5) is -0.262. The van der Waals surface area contributed by atoms with Gasteiger partial charge in [-0.05, 0) is 79.3 Å². The minimum Gasteiger partial charge on any atom is -0.206 e. The molecule has 0 N–H and O–H groups in total. The summed E-state index contributed by atoms with van der Waals surface area (Å²) in [5, 5.41) is 10.3. The van der Waals surface area contributed by atoms with Crippen LogP contribution in [0, 0.1) is 51.9 Å². The van der Waals surface area contributed by atoms with Crippen molar-refractivity contribution in [1.82, 2.24) is 0 Å². The lowest BCUT2D eigenvalue weighted by Crippen LogP contribution is -2.23. The molecule has 1 fully saturated rings. The lowest BCUT2D eigenvalue weighted by molar-refractivity contribution is 0.186. The molecule has 29 heavy (non-hydrogen) atoms. The average molecular weight is 414 g/mol. The highest BCUT2D eigenvalue weighted by molar-refractivity contribution is 8.03. The van der Waals surface area contributed by atoms with Gasteiger partial charge in [0.2, 0.25) is 0 Å². The van der Waals surface area contributed by atoms with Crippen LogP contribution < -0.4 is 0 Å². The van der Waals surface area contributed by atoms with Gasteiger partial charge in [-0.3, -0.25) is 0 Å². The molecular formula is C25H29F2NS. The average Bonchev–Trinajstić information content (AvgIpc) is 2.74. The number of hydrogen-bond donors (Lipinski definition) is 0. The number of nitrogens with zero attached hydrogens (tertiary/aromatic N) is 1. The van der Waals surface area contributed by atoms with Crippen LogP contribution in [0.4, 0.5) is 8.78 Å². The van der Waals surface area contributed by atoms with E-state index in [9.17, 15) is 8.78 Å². The van der Waals surface area contributed by atoms with Crippen molar-refractivity contribution in [3.8, 4) is 17.2 Å². The molecule has 3 rings (SSSR count). The first-order chi connectivity index (χ1) is 14.1. The summed E-state index contributed by atoms with van der Waals surface area (Å²) in [6.07, 6.45) is 15.1. The van der Waals surface area contributed by atoms with E-state index in [1.54, 1.807) is 5.40 Å². The van der Waals surface area contributed by atoms with Crippen molar-refractivity contribution in [2.75, 3.05) is 0 Å². The van der Waals surface area contributed by atoms with Gasteiger partial charge in [-0.1, -0.05) is 56.9 Å². The molecule has 1 saturated carbocycles. The first-order valence-corrected chi connectivity index (χ1v) is 11.7. The highest BCUT2D eigenvalue weighted by Crippen LogP contribution is 2.40. The van der Waals surface area contributed by atoms with Gasteiger partial charge in [0, 0.05) is 5.56 Å². The van der Waals surface area contributed by atoms with Crippen molar-refractivity contribution < 1.29 is 8.78 Å². The summed E-state index contributed by atoms with van der Waals surface area (Å²) < 4.78 is 27.8. The van der Waals surface area contributed by atoms with Gasteiger partial charge in [-0.2, -0.15) is 5.26 Å². The maximum absolute atomic E-state index is 13.9. The monoisotopic (exact) mass is 413 g/mol. The molecule has 1 atom stereocenters. The largest absolute Gasteiger partial charge is 0.206 e. The fourth-order valence-corrected chi connectivity index (χ4v) is 5.17. The van der Waals surface area contributed by atoms with Crippen LogP contribution in [0.3, 0.4) is 0 Å². The molecule has 0 aliphatic heterocycles. The Morgan fingerprint density at radius 3 is 2.34 bits per heavy atom. The van der Waals surface area contributed by atoms with E-state index in [-0.39, 0.29) is 4.90 Å². The van der Waals surface area contributed by atoms with Crippen LogP contribution in [0.5, 0.6) is 0 Å². The zero-order valence-electron chi connectivity index (χ0n) is 17.1. The third-order valence-corrected chi connectivity index (χ3v) is 7.17. The fourth-order valence-electron chi connectivity index (χ4n) is 4.76. The molecular weight excluding hydrogens is 384 g/mol. The molecule has 0 bridgehead atoms. The van der Waals surface area contributed by atoms with Gasteiger partial charge in [-0.15, -0.1) is 0 Å². The Hall–Kier alpha value is -1.78. The topological polar surface area (TPSA) is 23.8 Å². The van der Waals surface area contributed by atoms with Crippen LogP contribution >= 0.6 is 11.8 Å². The number of halogens is 2. The molecule has 1 aromatic rings. The lowest BCUT2D eigenvalue weighted by atomic mass is 9.71. The minimum atomic E-state index is -0.729. The highest BCUT2D eigenvalue weighted by Gasteiger charge is 2.28. The van der Waals surface area contributed by atoms with Crippen molar-refractivity contribution in [2.24, 2.45) is 17.8 Å². The Labute approximate surface area is 178 Å². The Bertz CT molecular complexity index is 812. The molecule has 0 heterocycles. The van der Waals surface area contributed by atoms with Crippen molar-refractivity contribution in [2.45, 2.75) is 76.0 Å². The molecule has 0 amide bonds. The van der Waals surface area contributed by atoms with E-state index in [0.29, 0.717) is 17.3 Å². The molecule has 2 aliphatic rings. The molecule has 2 aliphatic carbocycles. The first-order valence-electron chi connectivity index (χ1n) is 10.9. The Morgan fingerprint density at radius 1 is 1.03 bits per heavy atom. The summed E-state index contributed by atoms with van der Waals surface area (Å²) >= 11 is 0.497. The van der Waals surface area contributed by atoms with E-state index >= 15 is 0 Å². The summed E-state index contributed by atoms with van der Waals surface area (Å²) in [6, 6.07) is 2.41. The quantitative estimate of drug-likeness (QED) is 0.282. The van der Waals surface area contributed by atoms with E-state index in [1.807, 2.05) is 0 Å². The molecule has 1 nitrogen and oxygen atoms in total. The molecule has 0 spiro atoms. The van der Waals surface area contributed by atoms with Crippen molar-refractivity contribution in [3.05, 3.63) is 41.0 Å². The van der Waals surface area contributed by atoms with Gasteiger partial charge in [0.15, 0.2) is 0 Å². The maximum atomic E-state index is 13.9. The van der Waals surface area contributed by atoms with Crippen LogP contribution in [-0.2, 0) is 0 Å². The molecule has 4 heteroatoms. The number of rotatable bonds is 5. The Balaban J connectivity index is 1.54. The fraction of sp³-hybridized carbons (Fsp3) is 0.560. The van der Waals surface area contributed by atoms with Crippen LogP contribution in [0.2, 0.25) is 0 Å². The van der Waals surface area contributed by atoms with Crippen LogP contribution in [0.15, 0.2) is 28.7 Å². The van der Waals surface area contributed by atoms with Gasteiger partial charge in [0.05, 0.1) is 4.90 Å². The lowest BCUT2D eigenvalue weighted by Gasteiger charge is -2.35. The highest BCUT2D eigenvalue weighted by atomic mass is 32.2. The second-order valence-electron chi connectivity index (χ2n) is 8.40. The molecule has 0 aromatic heterocycles. The molecule has 1 unspecified atom stereocenters. The van der Waals surface area contributed by atoms with Crippen molar-refractivity contribution in [1.29, 1.82) is 5.26 Å². The van der Waals surface area contributed by atoms with Crippen molar-refractivity contribution >= 4 is 11.8 Å². The predicted molar refractivity (Wildman–Crippen MR) is 115 cm³/mol. The predicted octanol–water partition coefficient (Wildman–Crippen LogP) is 7.61. The number of thiocyanates is 1. The van der Waals surface area contributed by atoms with Crippen LogP contribution in [-0.4, -0.2) is 0 Å². The van der Waals surface area contributed by atoms with Crippen molar-refractivity contribution in [3.63, 3.8) is 0 Å². The number of benzene rings is 1. The van der Waals surface area contributed by atoms with E-state index in [4.69, 9.17) is 5.26 Å². The van der Waals surface area contributed by atoms with Gasteiger partial charge in [0.1, 0.15) is 17.0 Å². The molecule has 1 aromatic carbocycles. The van der Waals surface area contributed by atoms with E-state index in [1.165, 1.54) is 63.5 Å². The number of unbranched alkanes of at least 4 members (excludes halogenated alkanes) is 1. The van der Waals surface area contributed by atoms with E-state index < -0.39 is 11.6 Å². The van der Waals surface area contributed by atoms with E-state index in [2.05, 4.69) is 24.8 Å². The Morgan fingerprint density at radius 2 is 1.76 bits per heavy atom. The van der Waals surface area contributed by atoms with Gasteiger partial charge >= 0.3 is 0 Å². The minimum absolute atomic E-state index is 0.262. The summed E-state index contributed by atoms with van der Waals surface area (Å²) in [5.41, 5.74) is 1.39. The maximum Gasteiger partial charge on any atom is 0.142 e. The van der Waals surface area contributed by atoms with Crippen LogP contribution in [0.1, 0.15) is 76.7 Å². The summed E-state index contributed by atoms with van der Waals surface area (Å²) in [7, 11) is 0. The van der Waals surface area contributed by atoms with Gasteiger partial charge in [-0.25, -0.2) is 8.78 Å². The standard InChI is InChI=1S/C25H29F2NS/c1-2-3-4-18-7-11-21(12-8-18)22-13-9-19(10-14-22)5-6-20-15-23(26)25(29-17-28)24(27)16-20/h9,15-16,18,21-22H,2-4,7-8,10-14H2,1H3. The Kier molecular flexibility index (Phi) is 8.19. The molecule has 154 valence electrons.